The summed E-state index contributed by atoms with van der Waals surface area (Å²) in [5, 5.41) is 9.84. The number of carbonyl (C=O) groups is 7. The number of alkyl carbamates (subject to hydrolysis) is 2. The van der Waals surface area contributed by atoms with E-state index in [1.54, 1.807) is 41.5 Å². The molecule has 0 aliphatic carbocycles. The first-order chi connectivity index (χ1) is 24.9. The third kappa shape index (κ3) is 16.3. The van der Waals surface area contributed by atoms with Gasteiger partial charge < -0.3 is 39.1 Å². The lowest BCUT2D eigenvalue weighted by atomic mass is 9.91. The molecule has 4 amide bonds. The van der Waals surface area contributed by atoms with Crippen LogP contribution >= 0.6 is 0 Å². The Morgan fingerprint density at radius 1 is 0.815 bits per heavy atom. The third-order valence-corrected chi connectivity index (χ3v) is 6.54. The first-order valence-electron chi connectivity index (χ1n) is 16.7. The van der Waals surface area contributed by atoms with Crippen molar-refractivity contribution in [1.29, 1.82) is 0 Å². The molecule has 0 unspecified atom stereocenters. The van der Waals surface area contributed by atoms with Crippen LogP contribution in [0.25, 0.3) is 0 Å². The molecule has 1 heterocycles. The number of halogens is 1. The second kappa shape index (κ2) is 19.4. The second-order valence-electron chi connectivity index (χ2n) is 13.9. The third-order valence-electron chi connectivity index (χ3n) is 6.54. The normalized spacial score (nSPS) is 17.8. The van der Waals surface area contributed by atoms with E-state index in [1.807, 2.05) is 0 Å². The molecule has 0 saturated carbocycles. The number of guanidine groups is 1. The van der Waals surface area contributed by atoms with Gasteiger partial charge in [-0.1, -0.05) is 12.1 Å². The molecule has 0 radical (unpaired) electrons. The molecule has 18 nitrogen and oxygen atoms in total. The fourth-order valence-corrected chi connectivity index (χ4v) is 4.70. The Kier molecular flexibility index (Phi) is 15.9. The van der Waals surface area contributed by atoms with Gasteiger partial charge in [0.2, 0.25) is 11.9 Å². The zero-order valence-corrected chi connectivity index (χ0v) is 31.8. The Balaban J connectivity index is 2.83. The van der Waals surface area contributed by atoms with Crippen LogP contribution in [-0.4, -0.2) is 96.1 Å². The van der Waals surface area contributed by atoms with Gasteiger partial charge in [-0.3, -0.25) is 34.6 Å². The van der Waals surface area contributed by atoms with Gasteiger partial charge in [-0.2, -0.15) is 0 Å². The highest BCUT2D eigenvalue weighted by Crippen LogP contribution is 2.28. The van der Waals surface area contributed by atoms with Crippen molar-refractivity contribution in [3.63, 3.8) is 0 Å². The summed E-state index contributed by atoms with van der Waals surface area (Å²) in [6.45, 7) is 13.0. The molecule has 1 aromatic carbocycles. The van der Waals surface area contributed by atoms with E-state index in [2.05, 4.69) is 26.3 Å². The minimum absolute atomic E-state index is 0.116. The van der Waals surface area contributed by atoms with Crippen molar-refractivity contribution in [3.8, 4) is 0 Å². The van der Waals surface area contributed by atoms with Gasteiger partial charge in [0.25, 0.3) is 5.91 Å². The smallest absolute Gasteiger partial charge is 0.414 e. The van der Waals surface area contributed by atoms with Gasteiger partial charge in [0.1, 0.15) is 23.6 Å². The number of nitrogens with zero attached hydrogens (tertiary/aromatic N) is 1. The number of hydrogen-bond acceptors (Lipinski definition) is 14. The van der Waals surface area contributed by atoms with E-state index in [0.29, 0.717) is 5.56 Å². The summed E-state index contributed by atoms with van der Waals surface area (Å²) in [6, 6.07) is 2.36. The summed E-state index contributed by atoms with van der Waals surface area (Å²) >= 11 is 0. The summed E-state index contributed by atoms with van der Waals surface area (Å²) in [6.07, 6.45) is -5.90. The van der Waals surface area contributed by atoms with Crippen LogP contribution < -0.4 is 21.3 Å². The summed E-state index contributed by atoms with van der Waals surface area (Å²) in [4.78, 5) is 93.1. The molecule has 298 valence electrons. The number of rotatable bonds is 11. The fourth-order valence-electron chi connectivity index (χ4n) is 4.70. The Morgan fingerprint density at radius 2 is 1.35 bits per heavy atom. The Morgan fingerprint density at radius 3 is 1.81 bits per heavy atom. The number of benzene rings is 1. The molecule has 1 aromatic rings. The standard InChI is InChI=1S/C35H48FN5O13/c1-18(42)38-27-24(39-31(40-32(47)53-34(5,6)7)41-33(48)54-35(8,9)10)15-25(30(46)37-16-22-11-13-23(36)14-12-22)52-29(27)28(51-21(4)45)26(50-20(3)44)17-49-19(2)43/h11-15,24,26-29H,16-17H2,1-10H3,(H,37,46)(H,38,42)(H2,39,40,41,47,48)/t24-,26+,27+,28+,29+/m0/s1. The van der Waals surface area contributed by atoms with Gasteiger partial charge in [-0.15, -0.1) is 0 Å². The van der Waals surface area contributed by atoms with Crippen LogP contribution in [0, 0.1) is 5.82 Å². The first-order valence-corrected chi connectivity index (χ1v) is 16.7. The quantitative estimate of drug-likeness (QED) is 0.110. The van der Waals surface area contributed by atoms with Crippen LogP contribution in [-0.2, 0) is 58.9 Å². The molecule has 0 aromatic heterocycles. The van der Waals surface area contributed by atoms with E-state index >= 15 is 0 Å². The molecule has 5 atom stereocenters. The maximum absolute atomic E-state index is 13.7. The molecule has 1 aliphatic heterocycles. The lowest BCUT2D eigenvalue weighted by Gasteiger charge is -2.41. The van der Waals surface area contributed by atoms with Gasteiger partial charge in [0.05, 0.1) is 12.1 Å². The van der Waals surface area contributed by atoms with E-state index in [0.717, 1.165) is 33.8 Å². The number of aliphatic imine (C=N–C) groups is 1. The van der Waals surface area contributed by atoms with E-state index < -0.39 is 108 Å². The number of esters is 3. The maximum atomic E-state index is 13.7. The van der Waals surface area contributed by atoms with Crippen molar-refractivity contribution >= 4 is 47.9 Å². The number of ether oxygens (including phenoxy) is 6. The second-order valence-corrected chi connectivity index (χ2v) is 13.9. The number of carbonyl (C=O) groups excluding carboxylic acids is 7. The summed E-state index contributed by atoms with van der Waals surface area (Å²) in [5.41, 5.74) is -1.49. The summed E-state index contributed by atoms with van der Waals surface area (Å²) < 4.78 is 46.2. The number of hydrogen-bond donors (Lipinski definition) is 4. The van der Waals surface area contributed by atoms with Crippen molar-refractivity contribution in [2.75, 3.05) is 6.61 Å². The zero-order valence-electron chi connectivity index (χ0n) is 31.8. The van der Waals surface area contributed by atoms with Crippen molar-refractivity contribution in [3.05, 3.63) is 47.5 Å². The van der Waals surface area contributed by atoms with Gasteiger partial charge in [-0.25, -0.2) is 19.0 Å². The van der Waals surface area contributed by atoms with Crippen LogP contribution in [0.15, 0.2) is 41.1 Å². The summed E-state index contributed by atoms with van der Waals surface area (Å²) in [5.74, 6) is -5.70. The highest BCUT2D eigenvalue weighted by molar-refractivity contribution is 6.01. The average Bonchev–Trinajstić information content (AvgIpc) is 2.99. The minimum Gasteiger partial charge on any atom is -0.479 e. The Labute approximate surface area is 311 Å². The van der Waals surface area contributed by atoms with Gasteiger partial charge in [-0.05, 0) is 65.3 Å². The molecule has 0 fully saturated rings. The fraction of sp³-hybridized carbons (Fsp3) is 0.543. The Hall–Kier alpha value is -5.75. The highest BCUT2D eigenvalue weighted by Gasteiger charge is 2.48. The predicted octanol–water partition coefficient (Wildman–Crippen LogP) is 2.43. The van der Waals surface area contributed by atoms with Gasteiger partial charge in [0, 0.05) is 34.2 Å². The lowest BCUT2D eigenvalue weighted by molar-refractivity contribution is -0.187. The molecule has 0 spiro atoms. The van der Waals surface area contributed by atoms with E-state index in [1.165, 1.54) is 24.3 Å². The van der Waals surface area contributed by atoms with Crippen LogP contribution in [0.2, 0.25) is 0 Å². The highest BCUT2D eigenvalue weighted by atomic mass is 19.1. The van der Waals surface area contributed by atoms with Crippen molar-refractivity contribution in [1.82, 2.24) is 21.3 Å². The maximum Gasteiger partial charge on any atom is 0.414 e. The van der Waals surface area contributed by atoms with Crippen LogP contribution in [0.1, 0.15) is 74.8 Å². The summed E-state index contributed by atoms with van der Waals surface area (Å²) in [7, 11) is 0. The van der Waals surface area contributed by atoms with E-state index in [-0.39, 0.29) is 6.54 Å². The van der Waals surface area contributed by atoms with Gasteiger partial charge >= 0.3 is 30.1 Å². The van der Waals surface area contributed by atoms with Crippen LogP contribution in [0.5, 0.6) is 0 Å². The predicted molar refractivity (Wildman–Crippen MR) is 187 cm³/mol. The SMILES string of the molecule is CC(=O)N[C@H]1[C@H]([C@H](OC(C)=O)[C@@H](COC(C)=O)OC(C)=O)OC(C(=O)NCc2ccc(F)cc2)=C[C@@H]1N=C(NC(=O)OC(C)(C)C)NC(=O)OC(C)(C)C. The molecule has 0 saturated heterocycles. The van der Waals surface area contributed by atoms with Gasteiger partial charge in [0.15, 0.2) is 24.1 Å². The largest absolute Gasteiger partial charge is 0.479 e. The first kappa shape index (κ1) is 44.4. The molecular formula is C35H48FN5O13. The monoisotopic (exact) mass is 765 g/mol. The molecule has 54 heavy (non-hydrogen) atoms. The lowest BCUT2D eigenvalue weighted by Crippen LogP contribution is -2.61. The van der Waals surface area contributed by atoms with Crippen molar-refractivity contribution in [2.24, 2.45) is 4.99 Å². The molecular weight excluding hydrogens is 717 g/mol. The molecule has 0 bridgehead atoms. The molecule has 1 aliphatic rings. The molecule has 19 heteroatoms. The van der Waals surface area contributed by atoms with E-state index in [9.17, 15) is 38.0 Å². The molecule has 4 N–H and O–H groups in total. The zero-order chi connectivity index (χ0) is 41.0. The number of amides is 4. The number of nitrogens with one attached hydrogen (secondary N) is 4. The molecule has 2 rings (SSSR count). The topological polar surface area (TPSA) is 235 Å². The van der Waals surface area contributed by atoms with Crippen LogP contribution in [0.3, 0.4) is 0 Å². The average molecular weight is 766 g/mol. The van der Waals surface area contributed by atoms with Crippen molar-refractivity contribution < 1.29 is 66.4 Å². The van der Waals surface area contributed by atoms with E-state index in [4.69, 9.17) is 28.4 Å². The Bertz CT molecular complexity index is 1580. The van der Waals surface area contributed by atoms with Crippen molar-refractivity contribution in [2.45, 2.75) is 117 Å². The minimum atomic E-state index is -1.70. The van der Waals surface area contributed by atoms with Crippen LogP contribution in [0.4, 0.5) is 14.0 Å².